The second kappa shape index (κ2) is 8.25. The molecule has 2 aromatic carbocycles. The van der Waals surface area contributed by atoms with Gasteiger partial charge < -0.3 is 9.84 Å². The van der Waals surface area contributed by atoms with Crippen LogP contribution >= 0.6 is 0 Å². The lowest BCUT2D eigenvalue weighted by molar-refractivity contribution is -0.384. The number of ketones is 1. The predicted octanol–water partition coefficient (Wildman–Crippen LogP) is 2.76. The van der Waals surface area contributed by atoms with E-state index in [1.165, 1.54) is 36.4 Å². The van der Waals surface area contributed by atoms with Gasteiger partial charge in [-0.05, 0) is 50.2 Å². The third-order valence-electron chi connectivity index (χ3n) is 3.37. The number of nitro groups is 1. The molecule has 0 amide bonds. The summed E-state index contributed by atoms with van der Waals surface area (Å²) in [5, 5.41) is 20.2. The number of hydrogen-bond acceptors (Lipinski definition) is 6. The van der Waals surface area contributed by atoms with Gasteiger partial charge in [-0.1, -0.05) is 11.8 Å². The number of nitro benzene ring substituents is 1. The molecule has 0 bridgehead atoms. The molecule has 0 atom stereocenters. The summed E-state index contributed by atoms with van der Waals surface area (Å²) >= 11 is 0. The van der Waals surface area contributed by atoms with E-state index in [-0.39, 0.29) is 16.8 Å². The predicted molar refractivity (Wildman–Crippen MR) is 97.3 cm³/mol. The molecule has 2 rings (SSSR count). The molecule has 0 aliphatic rings. The molecule has 0 radical (unpaired) electrons. The maximum Gasteiger partial charge on any atom is 0.338 e. The van der Waals surface area contributed by atoms with Gasteiger partial charge in [0.1, 0.15) is 5.60 Å². The van der Waals surface area contributed by atoms with Crippen molar-refractivity contribution >= 4 is 17.4 Å². The first kappa shape index (κ1) is 19.8. The van der Waals surface area contributed by atoms with Crippen molar-refractivity contribution in [1.82, 2.24) is 0 Å². The highest BCUT2D eigenvalue weighted by Crippen LogP contribution is 2.13. The Morgan fingerprint density at radius 1 is 1.07 bits per heavy atom. The normalized spacial score (nSPS) is 10.5. The summed E-state index contributed by atoms with van der Waals surface area (Å²) in [7, 11) is 0. The summed E-state index contributed by atoms with van der Waals surface area (Å²) in [5.74, 6) is 4.30. The summed E-state index contributed by atoms with van der Waals surface area (Å²) < 4.78 is 4.98. The average molecular weight is 367 g/mol. The van der Waals surface area contributed by atoms with Crippen molar-refractivity contribution in [3.05, 3.63) is 75.3 Å². The number of aliphatic hydroxyl groups is 1. The molecule has 0 unspecified atom stereocenters. The molecule has 138 valence electrons. The molecule has 0 aliphatic carbocycles. The zero-order valence-corrected chi connectivity index (χ0v) is 14.8. The van der Waals surface area contributed by atoms with Gasteiger partial charge in [-0.2, -0.15) is 0 Å². The topological polar surface area (TPSA) is 107 Å². The van der Waals surface area contributed by atoms with E-state index in [1.54, 1.807) is 26.0 Å². The maximum atomic E-state index is 12.0. The molecule has 7 heteroatoms. The smallest absolute Gasteiger partial charge is 0.338 e. The highest BCUT2D eigenvalue weighted by molar-refractivity contribution is 5.99. The number of rotatable bonds is 5. The van der Waals surface area contributed by atoms with Gasteiger partial charge in [-0.3, -0.25) is 14.9 Å². The molecule has 0 aromatic heterocycles. The molecular weight excluding hydrogens is 350 g/mol. The fourth-order valence-corrected chi connectivity index (χ4v) is 1.98. The summed E-state index contributed by atoms with van der Waals surface area (Å²) in [6, 6.07) is 11.3. The number of esters is 1. The lowest BCUT2D eigenvalue weighted by atomic mass is 10.1. The molecular formula is C20H17NO6. The van der Waals surface area contributed by atoms with Gasteiger partial charge in [0.15, 0.2) is 12.4 Å². The Balaban J connectivity index is 1.95. The second-order valence-electron chi connectivity index (χ2n) is 6.19. The molecule has 0 saturated heterocycles. The van der Waals surface area contributed by atoms with Crippen molar-refractivity contribution in [3.63, 3.8) is 0 Å². The molecule has 7 nitrogen and oxygen atoms in total. The van der Waals surface area contributed by atoms with Crippen molar-refractivity contribution in [3.8, 4) is 11.8 Å². The number of nitrogens with zero attached hydrogens (tertiary/aromatic N) is 1. The van der Waals surface area contributed by atoms with Crippen LogP contribution < -0.4 is 0 Å². The summed E-state index contributed by atoms with van der Waals surface area (Å²) in [4.78, 5) is 34.1. The van der Waals surface area contributed by atoms with Crippen LogP contribution in [0.25, 0.3) is 0 Å². The largest absolute Gasteiger partial charge is 0.454 e. The fraction of sp³-hybridized carbons (Fsp3) is 0.200. The zero-order valence-electron chi connectivity index (χ0n) is 14.8. The Labute approximate surface area is 155 Å². The van der Waals surface area contributed by atoms with Crippen LogP contribution in [0.3, 0.4) is 0 Å². The highest BCUT2D eigenvalue weighted by atomic mass is 16.6. The van der Waals surface area contributed by atoms with Gasteiger partial charge in [0.25, 0.3) is 5.69 Å². The van der Waals surface area contributed by atoms with Gasteiger partial charge in [0.05, 0.1) is 10.5 Å². The van der Waals surface area contributed by atoms with E-state index < -0.39 is 28.9 Å². The number of non-ortho nitro benzene ring substituents is 1. The van der Waals surface area contributed by atoms with Crippen LogP contribution in [0, 0.1) is 22.0 Å². The van der Waals surface area contributed by atoms with Crippen LogP contribution in [0.15, 0.2) is 48.5 Å². The minimum Gasteiger partial charge on any atom is -0.454 e. The van der Waals surface area contributed by atoms with Gasteiger partial charge in [-0.25, -0.2) is 4.79 Å². The fourth-order valence-electron chi connectivity index (χ4n) is 1.98. The van der Waals surface area contributed by atoms with Crippen LogP contribution in [0.1, 0.15) is 40.1 Å². The third-order valence-corrected chi connectivity index (χ3v) is 3.37. The number of Topliss-reactive ketones (excluding diaryl/α,β-unsaturated/α-hetero) is 1. The number of ether oxygens (including phenoxy) is 1. The first-order valence-corrected chi connectivity index (χ1v) is 7.96. The Hall–Kier alpha value is -3.50. The van der Waals surface area contributed by atoms with E-state index in [9.17, 15) is 24.8 Å². The Kier molecular flexibility index (Phi) is 6.06. The van der Waals surface area contributed by atoms with Crippen LogP contribution in [0.2, 0.25) is 0 Å². The van der Waals surface area contributed by atoms with Crippen LogP contribution in [-0.4, -0.2) is 34.0 Å². The number of hydrogen-bond donors (Lipinski definition) is 1. The zero-order chi connectivity index (χ0) is 20.0. The van der Waals surface area contributed by atoms with Crippen molar-refractivity contribution in [2.24, 2.45) is 0 Å². The van der Waals surface area contributed by atoms with Crippen LogP contribution in [-0.2, 0) is 4.74 Å². The molecule has 0 fully saturated rings. The summed E-state index contributed by atoms with van der Waals surface area (Å²) in [5.41, 5.74) is -0.159. The lowest BCUT2D eigenvalue weighted by Crippen LogP contribution is -2.14. The van der Waals surface area contributed by atoms with Crippen molar-refractivity contribution < 1.29 is 24.4 Å². The van der Waals surface area contributed by atoms with Crippen molar-refractivity contribution in [2.75, 3.05) is 6.61 Å². The van der Waals surface area contributed by atoms with E-state index in [4.69, 9.17) is 4.74 Å². The van der Waals surface area contributed by atoms with Gasteiger partial charge >= 0.3 is 5.97 Å². The van der Waals surface area contributed by atoms with E-state index >= 15 is 0 Å². The summed E-state index contributed by atoms with van der Waals surface area (Å²) in [6.45, 7) is 2.65. The minimum absolute atomic E-state index is 0.128. The van der Waals surface area contributed by atoms with Crippen molar-refractivity contribution in [1.29, 1.82) is 0 Å². The second-order valence-corrected chi connectivity index (χ2v) is 6.19. The average Bonchev–Trinajstić information content (AvgIpc) is 2.64. The number of carbonyl (C=O) groups is 2. The maximum absolute atomic E-state index is 12.0. The van der Waals surface area contributed by atoms with Crippen molar-refractivity contribution in [2.45, 2.75) is 19.4 Å². The molecule has 2 aromatic rings. The molecule has 0 aliphatic heterocycles. The van der Waals surface area contributed by atoms with E-state index in [1.807, 2.05) is 0 Å². The third kappa shape index (κ3) is 6.06. The van der Waals surface area contributed by atoms with Gasteiger partial charge in [0.2, 0.25) is 0 Å². The van der Waals surface area contributed by atoms with E-state index in [0.717, 1.165) is 0 Å². The SMILES string of the molecule is CC(C)(O)C#Cc1ccc(C(=O)OCC(=O)c2ccc([N+](=O)[O-])cc2)cc1. The molecule has 0 heterocycles. The summed E-state index contributed by atoms with van der Waals surface area (Å²) in [6.07, 6.45) is 0. The Morgan fingerprint density at radius 2 is 1.63 bits per heavy atom. The standard InChI is InChI=1S/C20H17NO6/c1-20(2,24)12-11-14-3-5-16(6-4-14)19(23)27-13-18(22)15-7-9-17(10-8-15)21(25)26/h3-10,24H,13H2,1-2H3. The van der Waals surface area contributed by atoms with Crippen LogP contribution in [0.5, 0.6) is 0 Å². The van der Waals surface area contributed by atoms with Gasteiger partial charge in [0, 0.05) is 23.3 Å². The number of carbonyl (C=O) groups excluding carboxylic acids is 2. The first-order chi connectivity index (χ1) is 12.7. The molecule has 0 saturated carbocycles. The minimum atomic E-state index is -1.12. The molecule has 27 heavy (non-hydrogen) atoms. The molecule has 0 spiro atoms. The quantitative estimate of drug-likeness (QED) is 0.286. The van der Waals surface area contributed by atoms with E-state index in [2.05, 4.69) is 11.8 Å². The lowest BCUT2D eigenvalue weighted by Gasteiger charge is -2.06. The van der Waals surface area contributed by atoms with Crippen LogP contribution in [0.4, 0.5) is 5.69 Å². The molecule has 1 N–H and O–H groups in total. The monoisotopic (exact) mass is 367 g/mol. The van der Waals surface area contributed by atoms with Gasteiger partial charge in [-0.15, -0.1) is 0 Å². The highest BCUT2D eigenvalue weighted by Gasteiger charge is 2.13. The Bertz CT molecular complexity index is 912. The first-order valence-electron chi connectivity index (χ1n) is 7.96. The number of benzene rings is 2. The van der Waals surface area contributed by atoms with E-state index in [0.29, 0.717) is 5.56 Å². The Morgan fingerprint density at radius 3 is 2.15 bits per heavy atom.